The zero-order chi connectivity index (χ0) is 16.0. The minimum Gasteiger partial charge on any atom is -0.469 e. The number of hydrogen-bond acceptors (Lipinski definition) is 3. The van der Waals surface area contributed by atoms with E-state index in [4.69, 9.17) is 4.74 Å². The van der Waals surface area contributed by atoms with Crippen molar-refractivity contribution in [2.75, 3.05) is 12.9 Å². The van der Waals surface area contributed by atoms with Crippen LogP contribution in [-0.2, 0) is 15.3 Å². The summed E-state index contributed by atoms with van der Waals surface area (Å²) >= 11 is 1.95. The Kier molecular flexibility index (Phi) is 6.13. The van der Waals surface area contributed by atoms with E-state index in [2.05, 4.69) is 44.2 Å². The van der Waals surface area contributed by atoms with Crippen molar-refractivity contribution in [2.45, 2.75) is 32.4 Å². The summed E-state index contributed by atoms with van der Waals surface area (Å²) < 4.78 is 4.99. The Morgan fingerprint density at radius 1 is 1.32 bits per heavy atom. The highest BCUT2D eigenvalue weighted by atomic mass is 32.2. The van der Waals surface area contributed by atoms with Gasteiger partial charge in [0.05, 0.1) is 13.0 Å². The monoisotopic (exact) mass is 318 g/mol. The molecule has 0 spiro atoms. The van der Waals surface area contributed by atoms with Crippen molar-refractivity contribution >= 4 is 17.7 Å². The summed E-state index contributed by atoms with van der Waals surface area (Å²) in [5.74, 6) is 2.24. The molecule has 0 aliphatic heterocycles. The molecule has 0 saturated heterocycles. The molecule has 2 atom stereocenters. The first-order valence-corrected chi connectivity index (χ1v) is 9.06. The zero-order valence-electron chi connectivity index (χ0n) is 13.7. The number of esters is 1. The average molecular weight is 318 g/mol. The summed E-state index contributed by atoms with van der Waals surface area (Å²) in [5.41, 5.74) is 1.47. The quantitative estimate of drug-likeness (QED) is 0.562. The molecule has 0 fully saturated rings. The number of carbonyl (C=O) groups excluding carboxylic acids is 1. The highest BCUT2D eigenvalue weighted by Gasteiger charge is 2.39. The molecule has 0 saturated carbocycles. The maximum absolute atomic E-state index is 12.0. The first kappa shape index (κ1) is 17.1. The van der Waals surface area contributed by atoms with E-state index in [-0.39, 0.29) is 17.3 Å². The molecule has 0 radical (unpaired) electrons. The standard InChI is InChI=1S/C19H26O2S/c1-19(2,14-22-13-15-9-5-4-6-10-15)17-12-8-7-11-16(17)18(20)21-3/h4-7,9-11,16-17H,8,12-14H2,1-3H3. The fourth-order valence-corrected chi connectivity index (χ4v) is 4.47. The van der Waals surface area contributed by atoms with E-state index in [1.54, 1.807) is 0 Å². The predicted octanol–water partition coefficient (Wildman–Crippen LogP) is 4.70. The van der Waals surface area contributed by atoms with Crippen molar-refractivity contribution in [3.05, 3.63) is 48.0 Å². The average Bonchev–Trinajstić information content (AvgIpc) is 2.55. The van der Waals surface area contributed by atoms with Gasteiger partial charge in [0.15, 0.2) is 0 Å². The molecule has 120 valence electrons. The Bertz CT molecular complexity index is 507. The Hall–Kier alpha value is -1.22. The van der Waals surface area contributed by atoms with Gasteiger partial charge in [0.2, 0.25) is 0 Å². The largest absolute Gasteiger partial charge is 0.469 e. The Labute approximate surface area is 138 Å². The molecule has 22 heavy (non-hydrogen) atoms. The van der Waals surface area contributed by atoms with Gasteiger partial charge in [-0.15, -0.1) is 0 Å². The fraction of sp³-hybridized carbons (Fsp3) is 0.526. The summed E-state index contributed by atoms with van der Waals surface area (Å²) in [6.45, 7) is 4.57. The smallest absolute Gasteiger partial charge is 0.312 e. The van der Waals surface area contributed by atoms with Crippen LogP contribution in [0, 0.1) is 17.3 Å². The van der Waals surface area contributed by atoms with E-state index in [0.29, 0.717) is 5.92 Å². The van der Waals surface area contributed by atoms with Crippen LogP contribution in [-0.4, -0.2) is 18.8 Å². The Morgan fingerprint density at radius 2 is 2.05 bits per heavy atom. The highest BCUT2D eigenvalue weighted by molar-refractivity contribution is 7.98. The molecule has 0 heterocycles. The van der Waals surface area contributed by atoms with Crippen molar-refractivity contribution in [3.8, 4) is 0 Å². The van der Waals surface area contributed by atoms with Gasteiger partial charge in [-0.1, -0.05) is 56.3 Å². The summed E-state index contributed by atoms with van der Waals surface area (Å²) in [7, 11) is 1.49. The minimum absolute atomic E-state index is 0.0916. The van der Waals surface area contributed by atoms with Gasteiger partial charge < -0.3 is 4.74 Å². The summed E-state index contributed by atoms with van der Waals surface area (Å²) in [5, 5.41) is 0. The van der Waals surface area contributed by atoms with Crippen LogP contribution in [0.3, 0.4) is 0 Å². The van der Waals surface area contributed by atoms with E-state index in [0.717, 1.165) is 24.3 Å². The van der Waals surface area contributed by atoms with Crippen molar-refractivity contribution < 1.29 is 9.53 Å². The Balaban J connectivity index is 1.96. The maximum atomic E-state index is 12.0. The topological polar surface area (TPSA) is 26.3 Å². The molecule has 0 N–H and O–H groups in total. The van der Waals surface area contributed by atoms with Crippen LogP contribution in [0.5, 0.6) is 0 Å². The van der Waals surface area contributed by atoms with Crippen molar-refractivity contribution in [1.82, 2.24) is 0 Å². The number of methoxy groups -OCH3 is 1. The van der Waals surface area contributed by atoms with Crippen LogP contribution in [0.25, 0.3) is 0 Å². The van der Waals surface area contributed by atoms with E-state index >= 15 is 0 Å². The van der Waals surface area contributed by atoms with E-state index in [9.17, 15) is 4.79 Å². The first-order chi connectivity index (χ1) is 10.5. The Morgan fingerprint density at radius 3 is 2.73 bits per heavy atom. The number of carbonyl (C=O) groups is 1. The molecule has 2 unspecified atom stereocenters. The second-order valence-corrected chi connectivity index (χ2v) is 7.61. The third-order valence-corrected chi connectivity index (χ3v) is 5.97. The molecule has 1 aromatic carbocycles. The lowest BCUT2D eigenvalue weighted by molar-refractivity contribution is -0.147. The number of hydrogen-bond donors (Lipinski definition) is 0. The molecular weight excluding hydrogens is 292 g/mol. The van der Waals surface area contributed by atoms with Crippen LogP contribution in [0.1, 0.15) is 32.3 Å². The van der Waals surface area contributed by atoms with E-state index < -0.39 is 0 Å². The highest BCUT2D eigenvalue weighted by Crippen LogP contribution is 2.42. The SMILES string of the molecule is COC(=O)C1C=CCCC1C(C)(C)CSCc1ccccc1. The van der Waals surface area contributed by atoms with Crippen LogP contribution < -0.4 is 0 Å². The molecule has 1 aliphatic rings. The van der Waals surface area contributed by atoms with Gasteiger partial charge in [0.25, 0.3) is 0 Å². The van der Waals surface area contributed by atoms with Gasteiger partial charge in [-0.3, -0.25) is 4.79 Å². The van der Waals surface area contributed by atoms with Gasteiger partial charge in [0, 0.05) is 5.75 Å². The second-order valence-electron chi connectivity index (χ2n) is 6.63. The molecule has 0 amide bonds. The molecule has 3 heteroatoms. The van der Waals surface area contributed by atoms with E-state index in [1.165, 1.54) is 12.7 Å². The zero-order valence-corrected chi connectivity index (χ0v) is 14.6. The minimum atomic E-state index is -0.0953. The lowest BCUT2D eigenvalue weighted by Crippen LogP contribution is -2.37. The second kappa shape index (κ2) is 7.87. The van der Waals surface area contributed by atoms with E-state index in [1.807, 2.05) is 23.9 Å². The lowest BCUT2D eigenvalue weighted by atomic mass is 9.68. The lowest BCUT2D eigenvalue weighted by Gasteiger charge is -2.39. The number of rotatable bonds is 6. The molecule has 2 rings (SSSR count). The molecule has 2 nitrogen and oxygen atoms in total. The van der Waals surface area contributed by atoms with Crippen LogP contribution >= 0.6 is 11.8 Å². The number of benzene rings is 1. The number of allylic oxidation sites excluding steroid dienone is 1. The van der Waals surface area contributed by atoms with Gasteiger partial charge in [-0.2, -0.15) is 11.8 Å². The number of ether oxygens (including phenoxy) is 1. The predicted molar refractivity (Wildman–Crippen MR) is 93.8 cm³/mol. The van der Waals surface area contributed by atoms with Gasteiger partial charge >= 0.3 is 5.97 Å². The normalized spacial score (nSPS) is 21.6. The third-order valence-electron chi connectivity index (χ3n) is 4.48. The van der Waals surface area contributed by atoms with Crippen molar-refractivity contribution in [1.29, 1.82) is 0 Å². The number of thioether (sulfide) groups is 1. The van der Waals surface area contributed by atoms with Crippen LogP contribution in [0.15, 0.2) is 42.5 Å². The summed E-state index contributed by atoms with van der Waals surface area (Å²) in [4.78, 5) is 12.0. The molecule has 0 aromatic heterocycles. The van der Waals surface area contributed by atoms with Crippen LogP contribution in [0.4, 0.5) is 0 Å². The van der Waals surface area contributed by atoms with Crippen molar-refractivity contribution in [2.24, 2.45) is 17.3 Å². The molecule has 1 aromatic rings. The summed E-state index contributed by atoms with van der Waals surface area (Å²) in [6, 6.07) is 10.6. The summed E-state index contributed by atoms with van der Waals surface area (Å²) in [6.07, 6.45) is 6.29. The van der Waals surface area contributed by atoms with Gasteiger partial charge in [-0.25, -0.2) is 0 Å². The molecular formula is C19H26O2S. The molecule has 0 bridgehead atoms. The maximum Gasteiger partial charge on any atom is 0.312 e. The first-order valence-electron chi connectivity index (χ1n) is 7.91. The third kappa shape index (κ3) is 4.39. The van der Waals surface area contributed by atoms with Crippen LogP contribution in [0.2, 0.25) is 0 Å². The fourth-order valence-electron chi connectivity index (χ4n) is 3.20. The van der Waals surface area contributed by atoms with Crippen molar-refractivity contribution in [3.63, 3.8) is 0 Å². The molecule has 1 aliphatic carbocycles. The van der Waals surface area contributed by atoms with Gasteiger partial charge in [0.1, 0.15) is 0 Å². The van der Waals surface area contributed by atoms with Gasteiger partial charge in [-0.05, 0) is 35.5 Å².